The lowest BCUT2D eigenvalue weighted by atomic mass is 10.2. The van der Waals surface area contributed by atoms with Gasteiger partial charge in [-0.1, -0.05) is 0 Å². The van der Waals surface area contributed by atoms with Crippen LogP contribution in [0.2, 0.25) is 0 Å². The lowest BCUT2D eigenvalue weighted by Crippen LogP contribution is -2.19. The number of nitrogens with zero attached hydrogens (tertiary/aromatic N) is 4. The fourth-order valence-corrected chi connectivity index (χ4v) is 3.27. The van der Waals surface area contributed by atoms with E-state index < -0.39 is 11.7 Å². The summed E-state index contributed by atoms with van der Waals surface area (Å²) in [7, 11) is 0. The number of aryl methyl sites for hydroxylation is 1. The third kappa shape index (κ3) is 4.48. The fourth-order valence-electron chi connectivity index (χ4n) is 3.27. The summed E-state index contributed by atoms with van der Waals surface area (Å²) in [6.45, 7) is 3.91. The summed E-state index contributed by atoms with van der Waals surface area (Å²) >= 11 is 0. The summed E-state index contributed by atoms with van der Waals surface area (Å²) in [4.78, 5) is 27.1. The first-order chi connectivity index (χ1) is 14.1. The molecule has 1 fully saturated rings. The minimum absolute atomic E-state index is 0.0481. The average Bonchev–Trinajstić information content (AvgIpc) is 3.24. The number of hydrogen-bond donors (Lipinski definition) is 2. The highest BCUT2D eigenvalue weighted by atomic mass is 19.1. The predicted octanol–water partition coefficient (Wildman–Crippen LogP) is 3.92. The van der Waals surface area contributed by atoms with E-state index in [2.05, 4.69) is 30.5 Å². The van der Waals surface area contributed by atoms with Gasteiger partial charge in [0.05, 0.1) is 11.8 Å². The van der Waals surface area contributed by atoms with Crippen LogP contribution in [0.3, 0.4) is 0 Å². The zero-order valence-electron chi connectivity index (χ0n) is 16.0. The Balaban J connectivity index is 1.45. The highest BCUT2D eigenvalue weighted by Gasteiger charge is 2.15. The van der Waals surface area contributed by atoms with E-state index in [0.29, 0.717) is 11.5 Å². The SMILES string of the molecule is Cc1nc(Nc2ccc(NC(=O)c3ccncc3F)cc2)cc(N2CCCC2)n1. The first kappa shape index (κ1) is 18.8. The Bertz CT molecular complexity index is 1020. The Kier molecular flexibility index (Phi) is 5.33. The first-order valence-corrected chi connectivity index (χ1v) is 9.47. The van der Waals surface area contributed by atoms with E-state index in [1.165, 1.54) is 25.1 Å². The van der Waals surface area contributed by atoms with Gasteiger partial charge in [0.15, 0.2) is 5.82 Å². The van der Waals surface area contributed by atoms with Crippen molar-refractivity contribution >= 4 is 28.9 Å². The van der Waals surface area contributed by atoms with Crippen LogP contribution < -0.4 is 15.5 Å². The third-order valence-corrected chi connectivity index (χ3v) is 4.69. The summed E-state index contributed by atoms with van der Waals surface area (Å²) < 4.78 is 13.7. The van der Waals surface area contributed by atoms with Gasteiger partial charge in [-0.2, -0.15) is 0 Å². The monoisotopic (exact) mass is 392 g/mol. The van der Waals surface area contributed by atoms with E-state index in [-0.39, 0.29) is 5.56 Å². The van der Waals surface area contributed by atoms with Crippen LogP contribution in [0.15, 0.2) is 48.8 Å². The molecule has 0 spiro atoms. The molecule has 2 N–H and O–H groups in total. The summed E-state index contributed by atoms with van der Waals surface area (Å²) in [6.07, 6.45) is 4.76. The maximum Gasteiger partial charge on any atom is 0.258 e. The minimum atomic E-state index is -0.656. The van der Waals surface area contributed by atoms with Gasteiger partial charge in [0.2, 0.25) is 0 Å². The number of rotatable bonds is 5. The summed E-state index contributed by atoms with van der Waals surface area (Å²) in [5.41, 5.74) is 1.34. The number of amides is 1. The fraction of sp³-hybridized carbons (Fsp3) is 0.238. The molecule has 0 saturated carbocycles. The highest BCUT2D eigenvalue weighted by Crippen LogP contribution is 2.23. The van der Waals surface area contributed by atoms with Crippen molar-refractivity contribution < 1.29 is 9.18 Å². The van der Waals surface area contributed by atoms with Gasteiger partial charge in [-0.05, 0) is 50.1 Å². The van der Waals surface area contributed by atoms with Crippen molar-refractivity contribution in [2.24, 2.45) is 0 Å². The molecule has 3 aromatic rings. The smallest absolute Gasteiger partial charge is 0.258 e. The van der Waals surface area contributed by atoms with E-state index in [1.54, 1.807) is 12.1 Å². The van der Waals surface area contributed by atoms with Gasteiger partial charge >= 0.3 is 0 Å². The van der Waals surface area contributed by atoms with Crippen LogP contribution in [0, 0.1) is 12.7 Å². The number of halogens is 1. The van der Waals surface area contributed by atoms with Crippen molar-refractivity contribution in [3.8, 4) is 0 Å². The van der Waals surface area contributed by atoms with Crippen molar-refractivity contribution in [1.29, 1.82) is 0 Å². The third-order valence-electron chi connectivity index (χ3n) is 4.69. The standard InChI is InChI=1S/C21H21FN6O/c1-14-24-19(12-20(25-14)28-10-2-3-11-28)26-15-4-6-16(7-5-15)27-21(29)17-8-9-23-13-18(17)22/h4-9,12-13H,2-3,10-11H2,1H3,(H,27,29)(H,24,25,26). The number of pyridine rings is 1. The number of nitrogens with one attached hydrogen (secondary N) is 2. The molecule has 1 aliphatic rings. The predicted molar refractivity (Wildman–Crippen MR) is 110 cm³/mol. The lowest BCUT2D eigenvalue weighted by Gasteiger charge is -2.18. The molecule has 0 radical (unpaired) electrons. The van der Waals surface area contributed by atoms with Crippen molar-refractivity contribution in [2.45, 2.75) is 19.8 Å². The molecular weight excluding hydrogens is 371 g/mol. The number of benzene rings is 1. The van der Waals surface area contributed by atoms with Crippen LogP contribution in [-0.2, 0) is 0 Å². The average molecular weight is 392 g/mol. The van der Waals surface area contributed by atoms with Gasteiger partial charge in [-0.25, -0.2) is 14.4 Å². The second-order valence-corrected chi connectivity index (χ2v) is 6.86. The molecular formula is C21H21FN6O. The molecule has 0 unspecified atom stereocenters. The van der Waals surface area contributed by atoms with Crippen LogP contribution in [0.4, 0.5) is 27.4 Å². The molecule has 8 heteroatoms. The van der Waals surface area contributed by atoms with Crippen LogP contribution in [-0.4, -0.2) is 33.9 Å². The summed E-state index contributed by atoms with van der Waals surface area (Å²) in [5, 5.41) is 5.95. The minimum Gasteiger partial charge on any atom is -0.356 e. The topological polar surface area (TPSA) is 83.0 Å². The Morgan fingerprint density at radius 2 is 1.79 bits per heavy atom. The molecule has 7 nitrogen and oxygen atoms in total. The van der Waals surface area contributed by atoms with E-state index >= 15 is 0 Å². The molecule has 0 atom stereocenters. The molecule has 29 heavy (non-hydrogen) atoms. The maximum atomic E-state index is 13.7. The number of carbonyl (C=O) groups is 1. The molecule has 0 aliphatic carbocycles. The first-order valence-electron chi connectivity index (χ1n) is 9.47. The van der Waals surface area contributed by atoms with Gasteiger partial charge in [0.1, 0.15) is 17.5 Å². The molecule has 1 saturated heterocycles. The largest absolute Gasteiger partial charge is 0.356 e. The Morgan fingerprint density at radius 3 is 2.52 bits per heavy atom. The quantitative estimate of drug-likeness (QED) is 0.685. The van der Waals surface area contributed by atoms with Crippen molar-refractivity contribution in [2.75, 3.05) is 28.6 Å². The molecule has 4 rings (SSSR count). The second-order valence-electron chi connectivity index (χ2n) is 6.86. The second kappa shape index (κ2) is 8.22. The van der Waals surface area contributed by atoms with Gasteiger partial charge in [0.25, 0.3) is 5.91 Å². The van der Waals surface area contributed by atoms with E-state index in [9.17, 15) is 9.18 Å². The van der Waals surface area contributed by atoms with Crippen LogP contribution >= 0.6 is 0 Å². The number of hydrogen-bond acceptors (Lipinski definition) is 6. The molecule has 148 valence electrons. The molecule has 1 amide bonds. The maximum absolute atomic E-state index is 13.7. The molecule has 1 aromatic carbocycles. The van der Waals surface area contributed by atoms with Crippen LogP contribution in [0.1, 0.15) is 29.0 Å². The van der Waals surface area contributed by atoms with Crippen molar-refractivity contribution in [3.63, 3.8) is 0 Å². The highest BCUT2D eigenvalue weighted by molar-refractivity contribution is 6.04. The zero-order chi connectivity index (χ0) is 20.2. The van der Waals surface area contributed by atoms with Gasteiger partial charge in [-0.3, -0.25) is 9.78 Å². The van der Waals surface area contributed by atoms with E-state index in [0.717, 1.165) is 36.6 Å². The normalized spacial score (nSPS) is 13.4. The number of aromatic nitrogens is 3. The van der Waals surface area contributed by atoms with Gasteiger partial charge < -0.3 is 15.5 Å². The van der Waals surface area contributed by atoms with Gasteiger partial charge in [0, 0.05) is 36.7 Å². The van der Waals surface area contributed by atoms with Crippen LogP contribution in [0.25, 0.3) is 0 Å². The molecule has 2 aromatic heterocycles. The molecule has 0 bridgehead atoms. The van der Waals surface area contributed by atoms with Gasteiger partial charge in [-0.15, -0.1) is 0 Å². The molecule has 3 heterocycles. The van der Waals surface area contributed by atoms with Crippen LogP contribution in [0.5, 0.6) is 0 Å². The Hall–Kier alpha value is -3.55. The Morgan fingerprint density at radius 1 is 1.07 bits per heavy atom. The van der Waals surface area contributed by atoms with Crippen molar-refractivity contribution in [1.82, 2.24) is 15.0 Å². The number of anilines is 4. The van der Waals surface area contributed by atoms with E-state index in [1.807, 2.05) is 25.1 Å². The summed E-state index contributed by atoms with van der Waals surface area (Å²) in [6, 6.07) is 10.4. The lowest BCUT2D eigenvalue weighted by molar-refractivity contribution is 0.102. The Labute approximate surface area is 168 Å². The van der Waals surface area contributed by atoms with Crippen molar-refractivity contribution in [3.05, 3.63) is 66.0 Å². The summed E-state index contributed by atoms with van der Waals surface area (Å²) in [5.74, 6) is 1.18. The molecule has 1 aliphatic heterocycles. The zero-order valence-corrected chi connectivity index (χ0v) is 16.0. The van der Waals surface area contributed by atoms with E-state index in [4.69, 9.17) is 0 Å². The number of carbonyl (C=O) groups excluding carboxylic acids is 1.